The van der Waals surface area contributed by atoms with Gasteiger partial charge in [-0.2, -0.15) is 0 Å². The molecule has 0 bridgehead atoms. The fourth-order valence-corrected chi connectivity index (χ4v) is 2.06. The van der Waals surface area contributed by atoms with Crippen LogP contribution in [0, 0.1) is 11.7 Å². The molecule has 2 aromatic carbocycles. The zero-order valence-electron chi connectivity index (χ0n) is 10.8. The summed E-state index contributed by atoms with van der Waals surface area (Å²) < 4.78 is 13.7. The smallest absolute Gasteiger partial charge is 0.131 e. The van der Waals surface area contributed by atoms with E-state index in [1.54, 1.807) is 12.1 Å². The molecular formula is C16H18FN. The van der Waals surface area contributed by atoms with E-state index in [0.717, 1.165) is 12.0 Å². The molecule has 94 valence electrons. The number of benzene rings is 2. The molecule has 0 saturated carbocycles. The Morgan fingerprint density at radius 3 is 2.33 bits per heavy atom. The predicted molar refractivity (Wildman–Crippen MR) is 74.8 cm³/mol. The van der Waals surface area contributed by atoms with Crippen LogP contribution in [0.4, 0.5) is 10.1 Å². The van der Waals surface area contributed by atoms with E-state index in [2.05, 4.69) is 26.0 Å². The summed E-state index contributed by atoms with van der Waals surface area (Å²) in [4.78, 5) is 0. The van der Waals surface area contributed by atoms with E-state index < -0.39 is 0 Å². The second-order valence-electron chi connectivity index (χ2n) is 5.03. The molecule has 0 radical (unpaired) electrons. The Kier molecular flexibility index (Phi) is 3.66. The van der Waals surface area contributed by atoms with Crippen molar-refractivity contribution in [2.24, 2.45) is 5.92 Å². The molecule has 2 N–H and O–H groups in total. The fraction of sp³-hybridized carbons (Fsp3) is 0.250. The third-order valence-electron chi connectivity index (χ3n) is 2.90. The van der Waals surface area contributed by atoms with Crippen LogP contribution in [0.15, 0.2) is 42.5 Å². The van der Waals surface area contributed by atoms with Crippen LogP contribution in [0.1, 0.15) is 19.4 Å². The molecule has 0 unspecified atom stereocenters. The number of hydrogen-bond acceptors (Lipinski definition) is 1. The summed E-state index contributed by atoms with van der Waals surface area (Å²) in [5, 5.41) is 0. The minimum Gasteiger partial charge on any atom is -0.399 e. The van der Waals surface area contributed by atoms with Crippen molar-refractivity contribution >= 4 is 5.69 Å². The van der Waals surface area contributed by atoms with Crippen molar-refractivity contribution in [1.82, 2.24) is 0 Å². The van der Waals surface area contributed by atoms with E-state index in [9.17, 15) is 4.39 Å². The molecule has 0 spiro atoms. The maximum Gasteiger partial charge on any atom is 0.131 e. The van der Waals surface area contributed by atoms with Gasteiger partial charge in [0, 0.05) is 11.3 Å². The molecule has 0 aliphatic rings. The van der Waals surface area contributed by atoms with Gasteiger partial charge in [-0.25, -0.2) is 4.39 Å². The third-order valence-corrected chi connectivity index (χ3v) is 2.90. The molecule has 0 aliphatic carbocycles. The van der Waals surface area contributed by atoms with Gasteiger partial charge in [0.1, 0.15) is 5.82 Å². The number of rotatable bonds is 3. The van der Waals surface area contributed by atoms with Gasteiger partial charge in [0.15, 0.2) is 0 Å². The Balaban J connectivity index is 2.31. The quantitative estimate of drug-likeness (QED) is 0.800. The van der Waals surface area contributed by atoms with Crippen molar-refractivity contribution in [3.8, 4) is 11.1 Å². The monoisotopic (exact) mass is 243 g/mol. The lowest BCUT2D eigenvalue weighted by Gasteiger charge is -2.08. The molecule has 2 aromatic rings. The first-order chi connectivity index (χ1) is 8.56. The molecule has 0 amide bonds. The molecule has 0 atom stereocenters. The third kappa shape index (κ3) is 2.89. The average Bonchev–Trinajstić information content (AvgIpc) is 2.33. The van der Waals surface area contributed by atoms with Crippen molar-refractivity contribution in [3.63, 3.8) is 0 Å². The standard InChI is InChI=1S/C16H18FN/c1-11(2)9-12-3-5-13(6-4-12)15-10-14(18)7-8-16(15)17/h3-8,10-11H,9,18H2,1-2H3. The van der Waals surface area contributed by atoms with E-state index >= 15 is 0 Å². The van der Waals surface area contributed by atoms with E-state index in [0.29, 0.717) is 17.2 Å². The number of nitrogens with two attached hydrogens (primary N) is 1. The van der Waals surface area contributed by atoms with Gasteiger partial charge in [0.2, 0.25) is 0 Å². The fourth-order valence-electron chi connectivity index (χ4n) is 2.06. The maximum absolute atomic E-state index is 13.7. The molecule has 0 aliphatic heterocycles. The summed E-state index contributed by atoms with van der Waals surface area (Å²) >= 11 is 0. The molecule has 0 heterocycles. The van der Waals surface area contributed by atoms with Crippen molar-refractivity contribution < 1.29 is 4.39 Å². The molecule has 18 heavy (non-hydrogen) atoms. The molecule has 2 heteroatoms. The normalized spacial score (nSPS) is 10.9. The Hall–Kier alpha value is -1.83. The first-order valence-corrected chi connectivity index (χ1v) is 6.20. The van der Waals surface area contributed by atoms with Gasteiger partial charge in [-0.3, -0.25) is 0 Å². The summed E-state index contributed by atoms with van der Waals surface area (Å²) in [5.41, 5.74) is 8.98. The Morgan fingerprint density at radius 2 is 1.72 bits per heavy atom. The Labute approximate surface area is 107 Å². The van der Waals surface area contributed by atoms with Gasteiger partial charge in [-0.1, -0.05) is 38.1 Å². The second kappa shape index (κ2) is 5.21. The van der Waals surface area contributed by atoms with Gasteiger partial charge in [-0.05, 0) is 41.7 Å². The molecule has 0 saturated heterocycles. The molecule has 0 fully saturated rings. The number of halogens is 1. The number of anilines is 1. The summed E-state index contributed by atoms with van der Waals surface area (Å²) in [6.07, 6.45) is 1.04. The van der Waals surface area contributed by atoms with E-state index in [-0.39, 0.29) is 5.82 Å². The number of nitrogen functional groups attached to an aromatic ring is 1. The lowest BCUT2D eigenvalue weighted by molar-refractivity contribution is 0.631. The van der Waals surface area contributed by atoms with Gasteiger partial charge < -0.3 is 5.73 Å². The van der Waals surface area contributed by atoms with Crippen molar-refractivity contribution in [2.75, 3.05) is 5.73 Å². The minimum atomic E-state index is -0.235. The summed E-state index contributed by atoms with van der Waals surface area (Å²) in [5.74, 6) is 0.390. The summed E-state index contributed by atoms with van der Waals surface area (Å²) in [6.45, 7) is 4.37. The Bertz CT molecular complexity index is 529. The summed E-state index contributed by atoms with van der Waals surface area (Å²) in [6, 6.07) is 12.7. The van der Waals surface area contributed by atoms with E-state index in [1.807, 2.05) is 12.1 Å². The molecule has 1 nitrogen and oxygen atoms in total. The van der Waals surface area contributed by atoms with Gasteiger partial charge >= 0.3 is 0 Å². The molecule has 2 rings (SSSR count). The van der Waals surface area contributed by atoms with Gasteiger partial charge in [0.05, 0.1) is 0 Å². The lowest BCUT2D eigenvalue weighted by Crippen LogP contribution is -1.94. The van der Waals surface area contributed by atoms with Crippen molar-refractivity contribution in [2.45, 2.75) is 20.3 Å². The minimum absolute atomic E-state index is 0.235. The van der Waals surface area contributed by atoms with Crippen LogP contribution in [0.3, 0.4) is 0 Å². The number of hydrogen-bond donors (Lipinski definition) is 1. The van der Waals surface area contributed by atoms with E-state index in [1.165, 1.54) is 11.6 Å². The summed E-state index contributed by atoms with van der Waals surface area (Å²) in [7, 11) is 0. The zero-order valence-corrected chi connectivity index (χ0v) is 10.8. The first kappa shape index (κ1) is 12.6. The Morgan fingerprint density at radius 1 is 1.06 bits per heavy atom. The maximum atomic E-state index is 13.7. The first-order valence-electron chi connectivity index (χ1n) is 6.20. The highest BCUT2D eigenvalue weighted by Crippen LogP contribution is 2.25. The van der Waals surface area contributed by atoms with Crippen molar-refractivity contribution in [1.29, 1.82) is 0 Å². The van der Waals surface area contributed by atoms with Crippen LogP contribution < -0.4 is 5.73 Å². The molecular weight excluding hydrogens is 225 g/mol. The van der Waals surface area contributed by atoms with Crippen LogP contribution in [0.25, 0.3) is 11.1 Å². The highest BCUT2D eigenvalue weighted by Gasteiger charge is 2.06. The highest BCUT2D eigenvalue weighted by atomic mass is 19.1. The lowest BCUT2D eigenvalue weighted by atomic mass is 9.99. The zero-order chi connectivity index (χ0) is 13.1. The van der Waals surface area contributed by atoms with Crippen LogP contribution >= 0.6 is 0 Å². The largest absolute Gasteiger partial charge is 0.399 e. The molecule has 0 aromatic heterocycles. The predicted octanol–water partition coefficient (Wildman–Crippen LogP) is 4.27. The van der Waals surface area contributed by atoms with Gasteiger partial charge in [0.25, 0.3) is 0 Å². The SMILES string of the molecule is CC(C)Cc1ccc(-c2cc(N)ccc2F)cc1. The van der Waals surface area contributed by atoms with E-state index in [4.69, 9.17) is 5.73 Å². The van der Waals surface area contributed by atoms with Crippen LogP contribution in [0.2, 0.25) is 0 Å². The second-order valence-corrected chi connectivity index (χ2v) is 5.03. The topological polar surface area (TPSA) is 26.0 Å². The average molecular weight is 243 g/mol. The van der Waals surface area contributed by atoms with Crippen LogP contribution in [0.5, 0.6) is 0 Å². The van der Waals surface area contributed by atoms with Crippen molar-refractivity contribution in [3.05, 3.63) is 53.8 Å². The highest BCUT2D eigenvalue weighted by molar-refractivity contribution is 5.68. The van der Waals surface area contributed by atoms with Crippen LogP contribution in [-0.4, -0.2) is 0 Å². The van der Waals surface area contributed by atoms with Crippen LogP contribution in [-0.2, 0) is 6.42 Å². The van der Waals surface area contributed by atoms with Gasteiger partial charge in [-0.15, -0.1) is 0 Å².